The molecule has 0 heterocycles. The van der Waals surface area contributed by atoms with E-state index in [1.54, 1.807) is 0 Å². The van der Waals surface area contributed by atoms with Crippen LogP contribution in [0.2, 0.25) is 0 Å². The Bertz CT molecular complexity index is 149. The van der Waals surface area contributed by atoms with Gasteiger partial charge in [0.15, 0.2) is 0 Å². The topological polar surface area (TPSA) is 89.3 Å². The minimum absolute atomic E-state index is 0.0175. The van der Waals surface area contributed by atoms with E-state index in [2.05, 4.69) is 0 Å². The molecule has 1 aliphatic carbocycles. The minimum atomic E-state index is -0.819. The molecule has 1 saturated carbocycles. The highest BCUT2D eigenvalue weighted by molar-refractivity contribution is 5.71. The average molecular weight is 144 g/mol. The Morgan fingerprint density at radius 2 is 2.00 bits per heavy atom. The molecule has 1 unspecified atom stereocenters. The first kappa shape index (κ1) is 7.50. The van der Waals surface area contributed by atoms with Gasteiger partial charge in [-0.05, 0) is 12.8 Å². The third-order valence-corrected chi connectivity index (χ3v) is 1.97. The molecular formula is C6H12N2O2. The molecule has 1 fully saturated rings. The zero-order chi connectivity index (χ0) is 7.72. The predicted molar refractivity (Wildman–Crippen MR) is 36.3 cm³/mol. The Kier molecular flexibility index (Phi) is 1.92. The lowest BCUT2D eigenvalue weighted by atomic mass is 10.1. The maximum Gasteiger partial charge on any atom is 0.308 e. The van der Waals surface area contributed by atoms with Crippen LogP contribution in [0.25, 0.3) is 0 Å². The third kappa shape index (κ3) is 1.27. The molecule has 4 heteroatoms. The zero-order valence-corrected chi connectivity index (χ0v) is 5.66. The maximum atomic E-state index is 10.4. The number of carboxylic acids is 1. The van der Waals surface area contributed by atoms with Crippen molar-refractivity contribution in [2.75, 3.05) is 0 Å². The fourth-order valence-electron chi connectivity index (χ4n) is 1.39. The van der Waals surface area contributed by atoms with E-state index in [1.165, 1.54) is 0 Å². The van der Waals surface area contributed by atoms with Crippen LogP contribution in [-0.2, 0) is 4.79 Å². The summed E-state index contributed by atoms with van der Waals surface area (Å²) in [6.07, 6.45) is 1.16. The Morgan fingerprint density at radius 3 is 2.20 bits per heavy atom. The first-order chi connectivity index (χ1) is 4.61. The molecule has 4 nitrogen and oxygen atoms in total. The van der Waals surface area contributed by atoms with E-state index in [4.69, 9.17) is 16.6 Å². The van der Waals surface area contributed by atoms with E-state index < -0.39 is 11.9 Å². The normalized spacial score (nSPS) is 40.0. The van der Waals surface area contributed by atoms with Gasteiger partial charge in [-0.25, -0.2) is 0 Å². The number of rotatable bonds is 1. The van der Waals surface area contributed by atoms with E-state index in [0.717, 1.165) is 0 Å². The number of carbonyl (C=O) groups is 1. The maximum absolute atomic E-state index is 10.4. The van der Waals surface area contributed by atoms with Crippen LogP contribution in [0.5, 0.6) is 0 Å². The minimum Gasteiger partial charge on any atom is -0.481 e. The molecule has 58 valence electrons. The largest absolute Gasteiger partial charge is 0.481 e. The Labute approximate surface area is 59.2 Å². The van der Waals surface area contributed by atoms with Crippen LogP contribution in [0.3, 0.4) is 0 Å². The van der Waals surface area contributed by atoms with Crippen molar-refractivity contribution in [3.63, 3.8) is 0 Å². The summed E-state index contributed by atoms with van der Waals surface area (Å²) in [6.45, 7) is 0. The monoisotopic (exact) mass is 144 g/mol. The Morgan fingerprint density at radius 1 is 1.40 bits per heavy atom. The Balaban J connectivity index is 2.54. The number of carboxylic acid groups (broad SMARTS) is 1. The van der Waals surface area contributed by atoms with E-state index in [9.17, 15) is 4.79 Å². The molecule has 10 heavy (non-hydrogen) atoms. The van der Waals surface area contributed by atoms with Crippen LogP contribution >= 0.6 is 0 Å². The van der Waals surface area contributed by atoms with Crippen molar-refractivity contribution in [3.05, 3.63) is 0 Å². The molecule has 1 aliphatic rings. The summed E-state index contributed by atoms with van der Waals surface area (Å²) >= 11 is 0. The fraction of sp³-hybridized carbons (Fsp3) is 0.833. The number of hydrogen-bond donors (Lipinski definition) is 3. The van der Waals surface area contributed by atoms with Gasteiger partial charge in [0.1, 0.15) is 0 Å². The molecule has 3 atom stereocenters. The van der Waals surface area contributed by atoms with Crippen LogP contribution in [0.4, 0.5) is 0 Å². The van der Waals surface area contributed by atoms with Crippen molar-refractivity contribution in [2.45, 2.75) is 24.9 Å². The van der Waals surface area contributed by atoms with Gasteiger partial charge in [-0.3, -0.25) is 4.79 Å². The molecule has 0 saturated heterocycles. The summed E-state index contributed by atoms with van der Waals surface area (Å²) in [6, 6.07) is -0.261. The van der Waals surface area contributed by atoms with Crippen LogP contribution in [0.15, 0.2) is 0 Å². The summed E-state index contributed by atoms with van der Waals surface area (Å²) in [5, 5.41) is 8.57. The lowest BCUT2D eigenvalue weighted by Crippen LogP contribution is -2.30. The van der Waals surface area contributed by atoms with Gasteiger partial charge >= 0.3 is 5.97 Å². The van der Waals surface area contributed by atoms with Crippen molar-refractivity contribution < 1.29 is 9.90 Å². The fourth-order valence-corrected chi connectivity index (χ4v) is 1.39. The molecular weight excluding hydrogens is 132 g/mol. The molecule has 0 radical (unpaired) electrons. The molecule has 0 aromatic heterocycles. The highest BCUT2D eigenvalue weighted by Gasteiger charge is 2.34. The van der Waals surface area contributed by atoms with Crippen molar-refractivity contribution in [1.82, 2.24) is 0 Å². The van der Waals surface area contributed by atoms with Gasteiger partial charge in [-0.2, -0.15) is 0 Å². The smallest absolute Gasteiger partial charge is 0.308 e. The van der Waals surface area contributed by atoms with Gasteiger partial charge in [0.05, 0.1) is 5.92 Å². The SMILES string of the molecule is NC1C[C@H](N)[C@H](C(=O)O)C1. The lowest BCUT2D eigenvalue weighted by Gasteiger charge is -2.07. The van der Waals surface area contributed by atoms with Crippen LogP contribution in [-0.4, -0.2) is 23.2 Å². The highest BCUT2D eigenvalue weighted by atomic mass is 16.4. The molecule has 1 rings (SSSR count). The van der Waals surface area contributed by atoms with E-state index in [-0.39, 0.29) is 12.1 Å². The molecule has 5 N–H and O–H groups in total. The molecule has 0 aromatic rings. The van der Waals surface area contributed by atoms with Crippen LogP contribution in [0.1, 0.15) is 12.8 Å². The molecule has 0 bridgehead atoms. The predicted octanol–water partition coefficient (Wildman–Crippen LogP) is -0.864. The second-order valence-electron chi connectivity index (χ2n) is 2.84. The van der Waals surface area contributed by atoms with Crippen LogP contribution < -0.4 is 11.5 Å². The number of nitrogens with two attached hydrogens (primary N) is 2. The van der Waals surface area contributed by atoms with Crippen LogP contribution in [0, 0.1) is 5.92 Å². The summed E-state index contributed by atoms with van der Waals surface area (Å²) in [7, 11) is 0. The summed E-state index contributed by atoms with van der Waals surface area (Å²) < 4.78 is 0. The van der Waals surface area contributed by atoms with E-state index >= 15 is 0 Å². The number of hydrogen-bond acceptors (Lipinski definition) is 3. The third-order valence-electron chi connectivity index (χ3n) is 1.97. The number of aliphatic carboxylic acids is 1. The molecule has 0 spiro atoms. The first-order valence-electron chi connectivity index (χ1n) is 3.35. The van der Waals surface area contributed by atoms with Crippen molar-refractivity contribution >= 4 is 5.97 Å². The quantitative estimate of drug-likeness (QED) is 0.446. The van der Waals surface area contributed by atoms with Crippen molar-refractivity contribution in [1.29, 1.82) is 0 Å². The van der Waals surface area contributed by atoms with Gasteiger partial charge in [0, 0.05) is 12.1 Å². The van der Waals surface area contributed by atoms with Gasteiger partial charge in [0.2, 0.25) is 0 Å². The zero-order valence-electron chi connectivity index (χ0n) is 5.66. The summed E-state index contributed by atoms with van der Waals surface area (Å²) in [4.78, 5) is 10.4. The lowest BCUT2D eigenvalue weighted by molar-refractivity contribution is -0.141. The second kappa shape index (κ2) is 2.56. The first-order valence-corrected chi connectivity index (χ1v) is 3.35. The molecule has 0 amide bonds. The summed E-state index contributed by atoms with van der Waals surface area (Å²) in [5.74, 6) is -1.24. The van der Waals surface area contributed by atoms with E-state index in [1.807, 2.05) is 0 Å². The highest BCUT2D eigenvalue weighted by Crippen LogP contribution is 2.22. The van der Waals surface area contributed by atoms with Crippen molar-refractivity contribution in [3.8, 4) is 0 Å². The van der Waals surface area contributed by atoms with Crippen molar-refractivity contribution in [2.24, 2.45) is 17.4 Å². The van der Waals surface area contributed by atoms with E-state index in [0.29, 0.717) is 12.8 Å². The average Bonchev–Trinajstić information content (AvgIpc) is 2.10. The van der Waals surface area contributed by atoms with Gasteiger partial charge in [-0.15, -0.1) is 0 Å². The standard InChI is InChI=1S/C6H12N2O2/c7-3-1-4(6(9)10)5(8)2-3/h3-5H,1-2,7-8H2,(H,9,10)/t3?,4-,5+/m1/s1. The summed E-state index contributed by atoms with van der Waals surface area (Å²) in [5.41, 5.74) is 11.0. The Hall–Kier alpha value is -0.610. The van der Waals surface area contributed by atoms with Gasteiger partial charge in [0.25, 0.3) is 0 Å². The van der Waals surface area contributed by atoms with Gasteiger partial charge in [-0.1, -0.05) is 0 Å². The van der Waals surface area contributed by atoms with Gasteiger partial charge < -0.3 is 16.6 Å². The second-order valence-corrected chi connectivity index (χ2v) is 2.84. The molecule has 0 aromatic carbocycles. The molecule has 0 aliphatic heterocycles.